The standard InChI is InChI=1S/C18H20N4O4S/c1-20-13-15(12-19-20)27(24,25)22-8-4-7-21(9-10-22)18(23)17-11-14-5-2-3-6-16(14)26-17/h2-3,5-6,11-13H,4,7-10H2,1H3. The monoisotopic (exact) mass is 388 g/mol. The summed E-state index contributed by atoms with van der Waals surface area (Å²) in [6, 6.07) is 9.18. The lowest BCUT2D eigenvalue weighted by Gasteiger charge is -2.20. The van der Waals surface area contributed by atoms with Gasteiger partial charge in [0.15, 0.2) is 5.76 Å². The first-order chi connectivity index (χ1) is 12.9. The van der Waals surface area contributed by atoms with Gasteiger partial charge in [0, 0.05) is 44.8 Å². The number of furan rings is 1. The van der Waals surface area contributed by atoms with Crippen LogP contribution in [0.5, 0.6) is 0 Å². The third-order valence-corrected chi connectivity index (χ3v) is 6.55. The van der Waals surface area contributed by atoms with Crippen LogP contribution in [0.15, 0.2) is 52.0 Å². The summed E-state index contributed by atoms with van der Waals surface area (Å²) in [4.78, 5) is 14.6. The van der Waals surface area contributed by atoms with Gasteiger partial charge in [-0.3, -0.25) is 9.48 Å². The molecular weight excluding hydrogens is 368 g/mol. The first-order valence-electron chi connectivity index (χ1n) is 8.72. The number of nitrogens with zero attached hydrogens (tertiary/aromatic N) is 4. The number of rotatable bonds is 3. The van der Waals surface area contributed by atoms with Crippen molar-refractivity contribution in [3.8, 4) is 0 Å². The quantitative estimate of drug-likeness (QED) is 0.681. The lowest BCUT2D eigenvalue weighted by Crippen LogP contribution is -2.37. The molecule has 1 aromatic carbocycles. The molecule has 3 aromatic rings. The molecule has 2 aromatic heterocycles. The summed E-state index contributed by atoms with van der Waals surface area (Å²) < 4.78 is 34.1. The summed E-state index contributed by atoms with van der Waals surface area (Å²) in [6.45, 7) is 1.40. The zero-order valence-electron chi connectivity index (χ0n) is 14.9. The van der Waals surface area contributed by atoms with Gasteiger partial charge < -0.3 is 9.32 Å². The summed E-state index contributed by atoms with van der Waals surface area (Å²) in [5.41, 5.74) is 0.663. The van der Waals surface area contributed by atoms with Gasteiger partial charge in [-0.1, -0.05) is 18.2 Å². The molecule has 4 rings (SSSR count). The van der Waals surface area contributed by atoms with E-state index in [4.69, 9.17) is 4.42 Å². The van der Waals surface area contributed by atoms with E-state index >= 15 is 0 Å². The molecular formula is C18H20N4O4S. The molecule has 0 saturated carbocycles. The van der Waals surface area contributed by atoms with Gasteiger partial charge in [-0.15, -0.1) is 0 Å². The Hall–Kier alpha value is -2.65. The maximum absolute atomic E-state index is 12.8. The van der Waals surface area contributed by atoms with Gasteiger partial charge >= 0.3 is 0 Å². The van der Waals surface area contributed by atoms with Gasteiger partial charge in [-0.05, 0) is 18.6 Å². The van der Waals surface area contributed by atoms with Gasteiger partial charge in [0.1, 0.15) is 10.5 Å². The van der Waals surface area contributed by atoms with E-state index in [2.05, 4.69) is 5.10 Å². The van der Waals surface area contributed by atoms with Crippen molar-refractivity contribution in [1.82, 2.24) is 19.0 Å². The maximum Gasteiger partial charge on any atom is 0.289 e. The molecule has 0 N–H and O–H groups in total. The van der Waals surface area contributed by atoms with Gasteiger partial charge in [-0.2, -0.15) is 9.40 Å². The Balaban J connectivity index is 1.50. The van der Waals surface area contributed by atoms with Gasteiger partial charge in [0.05, 0.1) is 6.20 Å². The molecule has 9 heteroatoms. The number of para-hydroxylation sites is 1. The largest absolute Gasteiger partial charge is 0.451 e. The van der Waals surface area contributed by atoms with E-state index in [9.17, 15) is 13.2 Å². The second-order valence-electron chi connectivity index (χ2n) is 6.55. The van der Waals surface area contributed by atoms with E-state index in [1.807, 2.05) is 24.3 Å². The lowest BCUT2D eigenvalue weighted by molar-refractivity contribution is 0.0734. The highest BCUT2D eigenvalue weighted by Gasteiger charge is 2.30. The Morgan fingerprint density at radius 2 is 1.96 bits per heavy atom. The number of aryl methyl sites for hydroxylation is 1. The predicted octanol–water partition coefficient (Wildman–Crippen LogP) is 1.70. The van der Waals surface area contributed by atoms with Crippen molar-refractivity contribution in [3.63, 3.8) is 0 Å². The summed E-state index contributed by atoms with van der Waals surface area (Å²) in [7, 11) is -1.93. The number of fused-ring (bicyclic) bond motifs is 1. The highest BCUT2D eigenvalue weighted by Crippen LogP contribution is 2.22. The average Bonchev–Trinajstić information content (AvgIpc) is 3.20. The molecule has 1 aliphatic rings. The topological polar surface area (TPSA) is 88.7 Å². The van der Waals surface area contributed by atoms with E-state index in [-0.39, 0.29) is 23.1 Å². The Bertz CT molecular complexity index is 1050. The van der Waals surface area contributed by atoms with Gasteiger partial charge in [0.2, 0.25) is 10.0 Å². The number of aromatic nitrogens is 2. The summed E-state index contributed by atoms with van der Waals surface area (Å²) in [5.74, 6) is 0.0617. The highest BCUT2D eigenvalue weighted by molar-refractivity contribution is 7.89. The SMILES string of the molecule is Cn1cc(S(=O)(=O)N2CCCN(C(=O)c3cc4ccccc4o3)CC2)cn1. The average molecular weight is 388 g/mol. The Morgan fingerprint density at radius 1 is 1.15 bits per heavy atom. The molecule has 0 bridgehead atoms. The maximum atomic E-state index is 12.8. The fourth-order valence-electron chi connectivity index (χ4n) is 3.26. The van der Waals surface area contributed by atoms with Crippen molar-refractivity contribution in [1.29, 1.82) is 0 Å². The number of sulfonamides is 1. The van der Waals surface area contributed by atoms with Crippen molar-refractivity contribution >= 4 is 26.9 Å². The normalized spacial score (nSPS) is 16.6. The predicted molar refractivity (Wildman–Crippen MR) is 98.7 cm³/mol. The van der Waals surface area contributed by atoms with Crippen LogP contribution in [0.25, 0.3) is 11.0 Å². The van der Waals surface area contributed by atoms with Crippen molar-refractivity contribution in [3.05, 3.63) is 48.5 Å². The Morgan fingerprint density at radius 3 is 2.70 bits per heavy atom. The number of hydrogen-bond donors (Lipinski definition) is 0. The van der Waals surface area contributed by atoms with E-state index < -0.39 is 10.0 Å². The Kier molecular flexibility index (Phi) is 4.48. The fraction of sp³-hybridized carbons (Fsp3) is 0.333. The van der Waals surface area contributed by atoms with Gasteiger partial charge in [0.25, 0.3) is 5.91 Å². The van der Waals surface area contributed by atoms with E-state index in [0.29, 0.717) is 31.6 Å². The zero-order valence-corrected chi connectivity index (χ0v) is 15.7. The smallest absolute Gasteiger partial charge is 0.289 e. The molecule has 0 atom stereocenters. The number of carbonyl (C=O) groups excluding carboxylic acids is 1. The van der Waals surface area contributed by atoms with Crippen LogP contribution in [0.2, 0.25) is 0 Å². The van der Waals surface area contributed by atoms with Crippen LogP contribution in [0.1, 0.15) is 17.0 Å². The van der Waals surface area contributed by atoms with Crippen LogP contribution in [-0.2, 0) is 17.1 Å². The minimum absolute atomic E-state index is 0.169. The molecule has 0 aliphatic carbocycles. The molecule has 0 unspecified atom stereocenters. The second-order valence-corrected chi connectivity index (χ2v) is 8.49. The van der Waals surface area contributed by atoms with Crippen molar-refractivity contribution < 1.29 is 17.6 Å². The number of hydrogen-bond acceptors (Lipinski definition) is 5. The zero-order chi connectivity index (χ0) is 19.0. The summed E-state index contributed by atoms with van der Waals surface area (Å²) in [5, 5.41) is 4.81. The lowest BCUT2D eigenvalue weighted by atomic mass is 10.2. The summed E-state index contributed by atoms with van der Waals surface area (Å²) in [6.07, 6.45) is 3.39. The molecule has 3 heterocycles. The van der Waals surface area contributed by atoms with E-state index in [1.165, 1.54) is 21.4 Å². The molecule has 27 heavy (non-hydrogen) atoms. The van der Waals surface area contributed by atoms with Crippen LogP contribution in [0, 0.1) is 0 Å². The first-order valence-corrected chi connectivity index (χ1v) is 10.2. The van der Waals surface area contributed by atoms with Crippen LogP contribution < -0.4 is 0 Å². The molecule has 1 amide bonds. The molecule has 8 nitrogen and oxygen atoms in total. The number of amides is 1. The van der Waals surface area contributed by atoms with Crippen molar-refractivity contribution in [2.24, 2.45) is 7.05 Å². The minimum atomic E-state index is -3.61. The fourth-order valence-corrected chi connectivity index (χ4v) is 4.72. The molecule has 142 valence electrons. The molecule has 1 aliphatic heterocycles. The van der Waals surface area contributed by atoms with Crippen molar-refractivity contribution in [2.45, 2.75) is 11.3 Å². The molecule has 1 fully saturated rings. The first kappa shape index (κ1) is 17.7. The van der Waals surface area contributed by atoms with Crippen LogP contribution in [-0.4, -0.2) is 59.5 Å². The van der Waals surface area contributed by atoms with Crippen LogP contribution in [0.3, 0.4) is 0 Å². The van der Waals surface area contributed by atoms with E-state index in [1.54, 1.807) is 18.0 Å². The van der Waals surface area contributed by atoms with Crippen molar-refractivity contribution in [2.75, 3.05) is 26.2 Å². The molecule has 0 spiro atoms. The van der Waals surface area contributed by atoms with Crippen LogP contribution >= 0.6 is 0 Å². The third kappa shape index (κ3) is 3.35. The van der Waals surface area contributed by atoms with Gasteiger partial charge in [-0.25, -0.2) is 8.42 Å². The Labute approximate surface area is 157 Å². The highest BCUT2D eigenvalue weighted by atomic mass is 32.2. The second kappa shape index (κ2) is 6.82. The minimum Gasteiger partial charge on any atom is -0.451 e. The molecule has 1 saturated heterocycles. The van der Waals surface area contributed by atoms with E-state index in [0.717, 1.165) is 5.39 Å². The number of benzene rings is 1. The molecule has 0 radical (unpaired) electrons. The van der Waals surface area contributed by atoms with Crippen LogP contribution in [0.4, 0.5) is 0 Å². The number of carbonyl (C=O) groups is 1. The third-order valence-electron chi connectivity index (χ3n) is 4.70. The summed E-state index contributed by atoms with van der Waals surface area (Å²) >= 11 is 0.